The van der Waals surface area contributed by atoms with E-state index in [1.807, 2.05) is 66.7 Å². The van der Waals surface area contributed by atoms with E-state index in [0.29, 0.717) is 13.2 Å². The first-order valence-electron chi connectivity index (χ1n) is 9.77. The van der Waals surface area contributed by atoms with E-state index in [9.17, 15) is 4.79 Å². The number of thioether (sulfide) groups is 1. The number of rotatable bonds is 8. The smallest absolute Gasteiger partial charge is 0.234 e. The van der Waals surface area contributed by atoms with Gasteiger partial charge in [0.05, 0.1) is 23.4 Å². The van der Waals surface area contributed by atoms with E-state index in [1.54, 1.807) is 7.11 Å². The number of nitrogens with zero attached hydrogens (tertiary/aromatic N) is 2. The summed E-state index contributed by atoms with van der Waals surface area (Å²) in [6, 6.07) is 26.0. The third kappa shape index (κ3) is 4.72. The Kier molecular flexibility index (Phi) is 6.47. The minimum absolute atomic E-state index is 0.0576. The molecule has 1 heterocycles. The molecule has 0 bridgehead atoms. The molecule has 3 aromatic carbocycles. The van der Waals surface area contributed by atoms with Crippen LogP contribution in [0.25, 0.3) is 22.2 Å². The monoisotopic (exact) mass is 417 g/mol. The normalized spacial score (nSPS) is 11.0. The number of fused-ring (bicyclic) bond motifs is 1. The SMILES string of the molecule is COCCn1c(SCC(=O)Nc2ccc(-c3ccccc3)cc2)nc2ccccc21. The van der Waals surface area contributed by atoms with Crippen molar-refractivity contribution in [3.8, 4) is 11.1 Å². The van der Waals surface area contributed by atoms with Crippen LogP contribution in [0, 0.1) is 0 Å². The fraction of sp³-hybridized carbons (Fsp3) is 0.167. The van der Waals surface area contributed by atoms with E-state index in [1.165, 1.54) is 11.8 Å². The molecule has 0 radical (unpaired) electrons. The Morgan fingerprint density at radius 1 is 0.967 bits per heavy atom. The highest BCUT2D eigenvalue weighted by atomic mass is 32.2. The maximum Gasteiger partial charge on any atom is 0.234 e. The number of hydrogen-bond donors (Lipinski definition) is 1. The molecule has 6 heteroatoms. The second-order valence-electron chi connectivity index (χ2n) is 6.81. The molecular weight excluding hydrogens is 394 g/mol. The molecule has 0 aliphatic rings. The van der Waals surface area contributed by atoms with Crippen molar-refractivity contribution in [2.75, 3.05) is 24.8 Å². The zero-order chi connectivity index (χ0) is 20.8. The van der Waals surface area contributed by atoms with Crippen LogP contribution in [-0.2, 0) is 16.1 Å². The lowest BCUT2D eigenvalue weighted by Gasteiger charge is -2.09. The number of carbonyl (C=O) groups is 1. The van der Waals surface area contributed by atoms with Crippen molar-refractivity contribution in [3.63, 3.8) is 0 Å². The van der Waals surface area contributed by atoms with Gasteiger partial charge in [-0.25, -0.2) is 4.98 Å². The molecule has 0 unspecified atom stereocenters. The summed E-state index contributed by atoms with van der Waals surface area (Å²) in [4.78, 5) is 17.2. The van der Waals surface area contributed by atoms with Crippen molar-refractivity contribution >= 4 is 34.4 Å². The summed E-state index contributed by atoms with van der Waals surface area (Å²) in [5.74, 6) is 0.231. The summed E-state index contributed by atoms with van der Waals surface area (Å²) < 4.78 is 7.33. The van der Waals surface area contributed by atoms with Gasteiger partial charge in [0.2, 0.25) is 5.91 Å². The van der Waals surface area contributed by atoms with Gasteiger partial charge in [0.1, 0.15) is 0 Å². The summed E-state index contributed by atoms with van der Waals surface area (Å²) in [7, 11) is 1.68. The summed E-state index contributed by atoms with van der Waals surface area (Å²) in [6.45, 7) is 1.29. The molecule has 0 saturated heterocycles. The standard InChI is InChI=1S/C24H23N3O2S/c1-29-16-15-27-22-10-6-5-9-21(22)26-24(27)30-17-23(28)25-20-13-11-19(12-14-20)18-7-3-2-4-8-18/h2-14H,15-17H2,1H3,(H,25,28). The largest absolute Gasteiger partial charge is 0.383 e. The molecular formula is C24H23N3O2S. The molecule has 1 amide bonds. The zero-order valence-electron chi connectivity index (χ0n) is 16.7. The zero-order valence-corrected chi connectivity index (χ0v) is 17.6. The number of carbonyl (C=O) groups excluding carboxylic acids is 1. The first-order chi connectivity index (χ1) is 14.7. The fourth-order valence-electron chi connectivity index (χ4n) is 3.27. The van der Waals surface area contributed by atoms with Crippen LogP contribution in [-0.4, -0.2) is 34.9 Å². The number of imidazole rings is 1. The average Bonchev–Trinajstić information content (AvgIpc) is 3.15. The van der Waals surface area contributed by atoms with E-state index in [2.05, 4.69) is 27.0 Å². The summed E-state index contributed by atoms with van der Waals surface area (Å²) in [5.41, 5.74) is 5.03. The van der Waals surface area contributed by atoms with E-state index >= 15 is 0 Å². The number of nitrogens with one attached hydrogen (secondary N) is 1. The van der Waals surface area contributed by atoms with Gasteiger partial charge < -0.3 is 14.6 Å². The van der Waals surface area contributed by atoms with Gasteiger partial charge >= 0.3 is 0 Å². The van der Waals surface area contributed by atoms with Crippen molar-refractivity contribution in [1.82, 2.24) is 9.55 Å². The molecule has 0 spiro atoms. The lowest BCUT2D eigenvalue weighted by molar-refractivity contribution is -0.113. The highest BCUT2D eigenvalue weighted by Crippen LogP contribution is 2.25. The van der Waals surface area contributed by atoms with Crippen molar-refractivity contribution in [2.24, 2.45) is 0 Å². The summed E-state index contributed by atoms with van der Waals surface area (Å²) in [5, 5.41) is 3.79. The topological polar surface area (TPSA) is 56.1 Å². The predicted octanol–water partition coefficient (Wildman–Crippen LogP) is 5.08. The van der Waals surface area contributed by atoms with Gasteiger partial charge in [-0.1, -0.05) is 66.4 Å². The number of hydrogen-bond acceptors (Lipinski definition) is 4. The van der Waals surface area contributed by atoms with Crippen LogP contribution >= 0.6 is 11.8 Å². The molecule has 0 fully saturated rings. The molecule has 1 N–H and O–H groups in total. The molecule has 0 saturated carbocycles. The second kappa shape index (κ2) is 9.61. The van der Waals surface area contributed by atoms with Crippen LogP contribution in [0.4, 0.5) is 5.69 Å². The summed E-state index contributed by atoms with van der Waals surface area (Å²) in [6.07, 6.45) is 0. The van der Waals surface area contributed by atoms with E-state index < -0.39 is 0 Å². The molecule has 5 nitrogen and oxygen atoms in total. The summed E-state index contributed by atoms with van der Waals surface area (Å²) >= 11 is 1.43. The average molecular weight is 418 g/mol. The van der Waals surface area contributed by atoms with E-state index in [4.69, 9.17) is 4.74 Å². The van der Waals surface area contributed by atoms with E-state index in [-0.39, 0.29) is 11.7 Å². The second-order valence-corrected chi connectivity index (χ2v) is 7.75. The molecule has 30 heavy (non-hydrogen) atoms. The van der Waals surface area contributed by atoms with Gasteiger partial charge in [-0.05, 0) is 35.4 Å². The van der Waals surface area contributed by atoms with E-state index in [0.717, 1.165) is 33.0 Å². The Labute approximate surface area is 180 Å². The minimum Gasteiger partial charge on any atom is -0.383 e. The lowest BCUT2D eigenvalue weighted by Crippen LogP contribution is -2.15. The number of ether oxygens (including phenoxy) is 1. The van der Waals surface area contributed by atoms with Gasteiger partial charge in [0, 0.05) is 19.3 Å². The van der Waals surface area contributed by atoms with Crippen molar-refractivity contribution in [3.05, 3.63) is 78.9 Å². The third-order valence-corrected chi connectivity index (χ3v) is 5.72. The van der Waals surface area contributed by atoms with Crippen LogP contribution < -0.4 is 5.32 Å². The Balaban J connectivity index is 1.40. The van der Waals surface area contributed by atoms with Crippen molar-refractivity contribution in [1.29, 1.82) is 0 Å². The minimum atomic E-state index is -0.0576. The fourth-order valence-corrected chi connectivity index (χ4v) is 4.11. The Bertz CT molecular complexity index is 1120. The van der Waals surface area contributed by atoms with Crippen molar-refractivity contribution in [2.45, 2.75) is 11.7 Å². The molecule has 0 atom stereocenters. The highest BCUT2D eigenvalue weighted by molar-refractivity contribution is 7.99. The van der Waals surface area contributed by atoms with Gasteiger partial charge in [0.25, 0.3) is 0 Å². The van der Waals surface area contributed by atoms with Crippen LogP contribution in [0.3, 0.4) is 0 Å². The van der Waals surface area contributed by atoms with Crippen LogP contribution in [0.15, 0.2) is 84.0 Å². The quantitative estimate of drug-likeness (QED) is 0.406. The number of benzene rings is 3. The number of methoxy groups -OCH3 is 1. The predicted molar refractivity (Wildman–Crippen MR) is 123 cm³/mol. The highest BCUT2D eigenvalue weighted by Gasteiger charge is 2.13. The number of para-hydroxylation sites is 2. The molecule has 4 rings (SSSR count). The number of amides is 1. The molecule has 152 valence electrons. The first-order valence-corrected chi connectivity index (χ1v) is 10.8. The molecule has 0 aliphatic heterocycles. The van der Waals surface area contributed by atoms with Gasteiger partial charge in [0.15, 0.2) is 5.16 Å². The number of anilines is 1. The maximum absolute atomic E-state index is 12.5. The number of aromatic nitrogens is 2. The van der Waals surface area contributed by atoms with Crippen LogP contribution in [0.2, 0.25) is 0 Å². The van der Waals surface area contributed by atoms with Crippen molar-refractivity contribution < 1.29 is 9.53 Å². The maximum atomic E-state index is 12.5. The Morgan fingerprint density at radius 2 is 1.67 bits per heavy atom. The molecule has 0 aliphatic carbocycles. The van der Waals surface area contributed by atoms with Gasteiger partial charge in [-0.3, -0.25) is 4.79 Å². The van der Waals surface area contributed by atoms with Crippen LogP contribution in [0.5, 0.6) is 0 Å². The molecule has 4 aromatic rings. The third-order valence-electron chi connectivity index (χ3n) is 4.75. The Morgan fingerprint density at radius 3 is 2.43 bits per heavy atom. The molecule has 1 aromatic heterocycles. The first kappa shape index (κ1) is 20.2. The lowest BCUT2D eigenvalue weighted by atomic mass is 10.1. The van der Waals surface area contributed by atoms with Crippen LogP contribution in [0.1, 0.15) is 0 Å². The van der Waals surface area contributed by atoms with Gasteiger partial charge in [-0.2, -0.15) is 0 Å². The Hall–Kier alpha value is -3.09. The van der Waals surface area contributed by atoms with Gasteiger partial charge in [-0.15, -0.1) is 0 Å².